The molecule has 3 nitrogen and oxygen atoms in total. The Bertz CT molecular complexity index is 606. The molecule has 6 heteroatoms. The second-order valence-electron chi connectivity index (χ2n) is 3.42. The molecule has 1 amide bonds. The van der Waals surface area contributed by atoms with Crippen LogP contribution in [0.1, 0.15) is 10.5 Å². The molecule has 0 fully saturated rings. The molecule has 1 aromatic heterocycles. The maximum Gasteiger partial charge on any atom is 0.274 e. The van der Waals surface area contributed by atoms with Crippen molar-refractivity contribution in [3.05, 3.63) is 57.5 Å². The van der Waals surface area contributed by atoms with Crippen molar-refractivity contribution in [2.75, 3.05) is 5.32 Å². The lowest BCUT2D eigenvalue weighted by Crippen LogP contribution is -2.14. The zero-order chi connectivity index (χ0) is 13.1. The van der Waals surface area contributed by atoms with Gasteiger partial charge < -0.3 is 5.32 Å². The zero-order valence-electron chi connectivity index (χ0n) is 8.95. The highest BCUT2D eigenvalue weighted by Gasteiger charge is 2.10. The first-order valence-corrected chi connectivity index (χ1v) is 6.12. The van der Waals surface area contributed by atoms with E-state index in [1.807, 2.05) is 0 Å². The molecule has 1 aromatic carbocycles. The number of benzene rings is 1. The van der Waals surface area contributed by atoms with Gasteiger partial charge in [0.15, 0.2) is 0 Å². The Morgan fingerprint density at radius 2 is 2.11 bits per heavy atom. The maximum absolute atomic E-state index is 12.9. The SMILES string of the molecule is O=C(Nc1ccc(Br)cc1Cl)c1cccc(F)n1. The van der Waals surface area contributed by atoms with Crippen molar-refractivity contribution in [1.82, 2.24) is 4.98 Å². The van der Waals surface area contributed by atoms with Gasteiger partial charge in [0.05, 0.1) is 10.7 Å². The van der Waals surface area contributed by atoms with Gasteiger partial charge in [-0.3, -0.25) is 4.79 Å². The summed E-state index contributed by atoms with van der Waals surface area (Å²) in [6.07, 6.45) is 0. The van der Waals surface area contributed by atoms with Crippen LogP contribution in [0, 0.1) is 5.95 Å². The number of carbonyl (C=O) groups is 1. The van der Waals surface area contributed by atoms with E-state index in [1.54, 1.807) is 18.2 Å². The van der Waals surface area contributed by atoms with Gasteiger partial charge in [-0.1, -0.05) is 33.6 Å². The number of nitrogens with zero attached hydrogens (tertiary/aromatic N) is 1. The number of hydrogen-bond donors (Lipinski definition) is 1. The highest BCUT2D eigenvalue weighted by atomic mass is 79.9. The van der Waals surface area contributed by atoms with Crippen LogP contribution in [-0.2, 0) is 0 Å². The first-order chi connectivity index (χ1) is 8.56. The zero-order valence-corrected chi connectivity index (χ0v) is 11.3. The number of halogens is 3. The average molecular weight is 330 g/mol. The Morgan fingerprint density at radius 3 is 2.78 bits per heavy atom. The van der Waals surface area contributed by atoms with Crippen LogP contribution in [0.15, 0.2) is 40.9 Å². The van der Waals surface area contributed by atoms with E-state index < -0.39 is 11.9 Å². The van der Waals surface area contributed by atoms with E-state index >= 15 is 0 Å². The number of pyridine rings is 1. The minimum atomic E-state index is -0.704. The van der Waals surface area contributed by atoms with Crippen LogP contribution in [0.4, 0.5) is 10.1 Å². The van der Waals surface area contributed by atoms with Crippen LogP contribution < -0.4 is 5.32 Å². The van der Waals surface area contributed by atoms with Crippen molar-refractivity contribution in [2.24, 2.45) is 0 Å². The summed E-state index contributed by atoms with van der Waals surface area (Å²) in [5.74, 6) is -1.22. The predicted octanol–water partition coefficient (Wildman–Crippen LogP) is 3.89. The van der Waals surface area contributed by atoms with Crippen LogP contribution in [0.25, 0.3) is 0 Å². The second-order valence-corrected chi connectivity index (χ2v) is 4.75. The van der Waals surface area contributed by atoms with E-state index in [-0.39, 0.29) is 5.69 Å². The molecule has 92 valence electrons. The van der Waals surface area contributed by atoms with E-state index in [9.17, 15) is 9.18 Å². The quantitative estimate of drug-likeness (QED) is 0.849. The molecule has 2 aromatic rings. The topological polar surface area (TPSA) is 42.0 Å². The first kappa shape index (κ1) is 13.0. The number of amides is 1. The molecule has 0 spiro atoms. The van der Waals surface area contributed by atoms with Gasteiger partial charge in [-0.2, -0.15) is 4.39 Å². The summed E-state index contributed by atoms with van der Waals surface area (Å²) in [6.45, 7) is 0. The highest BCUT2D eigenvalue weighted by Crippen LogP contribution is 2.25. The summed E-state index contributed by atoms with van der Waals surface area (Å²) in [4.78, 5) is 15.3. The van der Waals surface area contributed by atoms with Crippen molar-refractivity contribution >= 4 is 39.1 Å². The fraction of sp³-hybridized carbons (Fsp3) is 0. The molecular weight excluding hydrogens is 322 g/mol. The van der Waals surface area contributed by atoms with Crippen molar-refractivity contribution in [3.63, 3.8) is 0 Å². The Morgan fingerprint density at radius 1 is 1.33 bits per heavy atom. The minimum Gasteiger partial charge on any atom is -0.319 e. The molecule has 2 rings (SSSR count). The molecule has 0 aliphatic heterocycles. The number of anilines is 1. The fourth-order valence-electron chi connectivity index (χ4n) is 1.31. The molecule has 0 saturated carbocycles. The smallest absolute Gasteiger partial charge is 0.274 e. The van der Waals surface area contributed by atoms with Crippen molar-refractivity contribution < 1.29 is 9.18 Å². The normalized spacial score (nSPS) is 10.2. The summed E-state index contributed by atoms with van der Waals surface area (Å²) >= 11 is 9.21. The Hall–Kier alpha value is -1.46. The van der Waals surface area contributed by atoms with Gasteiger partial charge in [0, 0.05) is 4.47 Å². The van der Waals surface area contributed by atoms with Crippen LogP contribution in [0.5, 0.6) is 0 Å². The van der Waals surface area contributed by atoms with Crippen molar-refractivity contribution in [1.29, 1.82) is 0 Å². The Kier molecular flexibility index (Phi) is 3.93. The van der Waals surface area contributed by atoms with Gasteiger partial charge in [-0.15, -0.1) is 0 Å². The van der Waals surface area contributed by atoms with E-state index in [1.165, 1.54) is 18.2 Å². The lowest BCUT2D eigenvalue weighted by Gasteiger charge is -2.06. The summed E-state index contributed by atoms with van der Waals surface area (Å²) in [5.41, 5.74) is 0.435. The number of aromatic nitrogens is 1. The molecule has 0 bridgehead atoms. The van der Waals surface area contributed by atoms with Crippen LogP contribution in [0.2, 0.25) is 5.02 Å². The highest BCUT2D eigenvalue weighted by molar-refractivity contribution is 9.10. The van der Waals surface area contributed by atoms with Gasteiger partial charge in [0.25, 0.3) is 5.91 Å². The van der Waals surface area contributed by atoms with E-state index in [2.05, 4.69) is 26.2 Å². The van der Waals surface area contributed by atoms with E-state index in [4.69, 9.17) is 11.6 Å². The molecule has 0 radical (unpaired) electrons. The fourth-order valence-corrected chi connectivity index (χ4v) is 2.03. The standard InChI is InChI=1S/C12H7BrClFN2O/c13-7-4-5-9(8(14)6-7)17-12(18)10-2-1-3-11(15)16-10/h1-6H,(H,17,18). The monoisotopic (exact) mass is 328 g/mol. The molecular formula is C12H7BrClFN2O. The lowest BCUT2D eigenvalue weighted by molar-refractivity contribution is 0.102. The lowest BCUT2D eigenvalue weighted by atomic mass is 10.3. The van der Waals surface area contributed by atoms with Gasteiger partial charge >= 0.3 is 0 Å². The third-order valence-corrected chi connectivity index (χ3v) is 2.93. The van der Waals surface area contributed by atoms with Gasteiger partial charge in [-0.05, 0) is 30.3 Å². The van der Waals surface area contributed by atoms with Crippen LogP contribution >= 0.6 is 27.5 Å². The third-order valence-electron chi connectivity index (χ3n) is 2.13. The number of nitrogens with one attached hydrogen (secondary N) is 1. The molecule has 18 heavy (non-hydrogen) atoms. The molecule has 1 heterocycles. The van der Waals surface area contributed by atoms with Crippen molar-refractivity contribution in [2.45, 2.75) is 0 Å². The Balaban J connectivity index is 2.21. The van der Waals surface area contributed by atoms with Crippen LogP contribution in [0.3, 0.4) is 0 Å². The largest absolute Gasteiger partial charge is 0.319 e. The van der Waals surface area contributed by atoms with E-state index in [0.29, 0.717) is 10.7 Å². The van der Waals surface area contributed by atoms with Gasteiger partial charge in [0.2, 0.25) is 5.95 Å². The molecule has 0 aliphatic carbocycles. The molecule has 0 unspecified atom stereocenters. The summed E-state index contributed by atoms with van der Waals surface area (Å²) in [5, 5.41) is 2.94. The average Bonchev–Trinajstić information content (AvgIpc) is 2.32. The third kappa shape index (κ3) is 3.05. The summed E-state index contributed by atoms with van der Waals surface area (Å²) in [6, 6.07) is 9.04. The maximum atomic E-state index is 12.9. The van der Waals surface area contributed by atoms with E-state index in [0.717, 1.165) is 4.47 Å². The van der Waals surface area contributed by atoms with Gasteiger partial charge in [-0.25, -0.2) is 4.98 Å². The number of rotatable bonds is 2. The second kappa shape index (κ2) is 5.46. The Labute approximate surface area is 116 Å². The molecule has 1 N–H and O–H groups in total. The summed E-state index contributed by atoms with van der Waals surface area (Å²) < 4.78 is 13.7. The molecule has 0 saturated heterocycles. The van der Waals surface area contributed by atoms with Crippen molar-refractivity contribution in [3.8, 4) is 0 Å². The predicted molar refractivity (Wildman–Crippen MR) is 71.3 cm³/mol. The molecule has 0 aliphatic rings. The summed E-state index contributed by atoms with van der Waals surface area (Å²) in [7, 11) is 0. The minimum absolute atomic E-state index is 0.00557. The molecule has 0 atom stereocenters. The number of hydrogen-bond acceptors (Lipinski definition) is 2. The van der Waals surface area contributed by atoms with Crippen LogP contribution in [-0.4, -0.2) is 10.9 Å². The van der Waals surface area contributed by atoms with Gasteiger partial charge in [0.1, 0.15) is 5.69 Å². The first-order valence-electron chi connectivity index (χ1n) is 4.95. The number of carbonyl (C=O) groups excluding carboxylic acids is 1.